The van der Waals surface area contributed by atoms with Gasteiger partial charge in [-0.15, -0.1) is 0 Å². The Hall–Kier alpha value is -1.95. The zero-order valence-corrected chi connectivity index (χ0v) is 10.9. The fraction of sp³-hybridized carbons (Fsp3) is 0.0833. The van der Waals surface area contributed by atoms with Crippen LogP contribution in [0.5, 0.6) is 0 Å². The van der Waals surface area contributed by atoms with Crippen molar-refractivity contribution in [3.63, 3.8) is 0 Å². The number of carboxylic acids is 1. The van der Waals surface area contributed by atoms with Crippen molar-refractivity contribution in [1.82, 2.24) is 9.97 Å². The van der Waals surface area contributed by atoms with E-state index >= 15 is 0 Å². The minimum absolute atomic E-state index is 0.0764. The smallest absolute Gasteiger partial charge is 0.358 e. The maximum Gasteiger partial charge on any atom is 0.358 e. The Kier molecular flexibility index (Phi) is 3.88. The Morgan fingerprint density at radius 2 is 2.11 bits per heavy atom. The second kappa shape index (κ2) is 5.59. The zero-order chi connectivity index (χ0) is 13.0. The van der Waals surface area contributed by atoms with Crippen molar-refractivity contribution >= 4 is 27.7 Å². The van der Waals surface area contributed by atoms with Crippen molar-refractivity contribution in [2.24, 2.45) is 0 Å². The molecule has 0 radical (unpaired) electrons. The first kappa shape index (κ1) is 12.5. The molecular weight excluding hydrogens is 298 g/mol. The number of nitrogens with zero attached hydrogens (tertiary/aromatic N) is 2. The van der Waals surface area contributed by atoms with Crippen molar-refractivity contribution in [2.75, 3.05) is 5.32 Å². The molecule has 1 heterocycles. The number of hydrogen-bond donors (Lipinski definition) is 2. The van der Waals surface area contributed by atoms with Gasteiger partial charge in [0, 0.05) is 23.4 Å². The summed E-state index contributed by atoms with van der Waals surface area (Å²) in [5, 5.41) is 11.9. The van der Waals surface area contributed by atoms with Gasteiger partial charge in [-0.05, 0) is 17.7 Å². The van der Waals surface area contributed by atoms with Gasteiger partial charge < -0.3 is 10.4 Å². The molecule has 2 N–H and O–H groups in total. The van der Waals surface area contributed by atoms with Gasteiger partial charge in [0.05, 0.1) is 0 Å². The molecule has 5 nitrogen and oxygen atoms in total. The van der Waals surface area contributed by atoms with Crippen molar-refractivity contribution in [3.8, 4) is 0 Å². The highest BCUT2D eigenvalue weighted by Gasteiger charge is 2.11. The molecule has 1 aromatic carbocycles. The van der Waals surface area contributed by atoms with Crippen LogP contribution in [0.25, 0.3) is 0 Å². The van der Waals surface area contributed by atoms with Crippen LogP contribution in [-0.4, -0.2) is 21.0 Å². The van der Waals surface area contributed by atoms with Crippen LogP contribution in [0.15, 0.2) is 41.1 Å². The van der Waals surface area contributed by atoms with E-state index in [2.05, 4.69) is 31.2 Å². The molecule has 0 unspecified atom stereocenters. The van der Waals surface area contributed by atoms with E-state index in [0.717, 1.165) is 10.0 Å². The predicted octanol–water partition coefficient (Wildman–Crippen LogP) is 2.55. The largest absolute Gasteiger partial charge is 0.476 e. The number of nitrogens with one attached hydrogen (secondary N) is 1. The summed E-state index contributed by atoms with van der Waals surface area (Å²) in [7, 11) is 0. The summed E-state index contributed by atoms with van der Waals surface area (Å²) in [6, 6.07) is 7.72. The van der Waals surface area contributed by atoms with Gasteiger partial charge in [0.15, 0.2) is 11.5 Å². The number of halogens is 1. The molecule has 0 fully saturated rings. The van der Waals surface area contributed by atoms with E-state index in [1.807, 2.05) is 24.3 Å². The molecule has 18 heavy (non-hydrogen) atoms. The summed E-state index contributed by atoms with van der Waals surface area (Å²) in [5.41, 5.74) is 0.943. The summed E-state index contributed by atoms with van der Waals surface area (Å²) in [6.45, 7) is 0.485. The monoisotopic (exact) mass is 307 g/mol. The third-order valence-electron chi connectivity index (χ3n) is 2.25. The molecule has 6 heteroatoms. The normalized spacial score (nSPS) is 10.1. The molecule has 0 atom stereocenters. The molecule has 92 valence electrons. The molecule has 0 saturated heterocycles. The Labute approximate surface area is 112 Å². The molecule has 0 aliphatic carbocycles. The molecule has 2 aromatic rings. The van der Waals surface area contributed by atoms with Gasteiger partial charge >= 0.3 is 5.97 Å². The van der Waals surface area contributed by atoms with Crippen molar-refractivity contribution < 1.29 is 9.90 Å². The van der Waals surface area contributed by atoms with E-state index in [0.29, 0.717) is 6.54 Å². The van der Waals surface area contributed by atoms with Crippen LogP contribution in [0.1, 0.15) is 16.1 Å². The highest BCUT2D eigenvalue weighted by atomic mass is 79.9. The lowest BCUT2D eigenvalue weighted by molar-refractivity contribution is 0.0691. The molecule has 0 aliphatic heterocycles. The van der Waals surface area contributed by atoms with Crippen LogP contribution in [0.4, 0.5) is 5.82 Å². The maximum atomic E-state index is 10.9. The number of carboxylic acid groups (broad SMARTS) is 1. The van der Waals surface area contributed by atoms with Gasteiger partial charge in [0.2, 0.25) is 0 Å². The van der Waals surface area contributed by atoms with Crippen LogP contribution >= 0.6 is 15.9 Å². The third-order valence-corrected chi connectivity index (χ3v) is 2.74. The van der Waals surface area contributed by atoms with Gasteiger partial charge in [-0.1, -0.05) is 28.1 Å². The number of aromatic carboxylic acids is 1. The van der Waals surface area contributed by atoms with Gasteiger partial charge in [-0.25, -0.2) is 14.8 Å². The minimum Gasteiger partial charge on any atom is -0.476 e. The summed E-state index contributed by atoms with van der Waals surface area (Å²) in [5.74, 6) is -0.829. The quantitative estimate of drug-likeness (QED) is 0.908. The molecule has 0 saturated carbocycles. The third kappa shape index (κ3) is 3.04. The van der Waals surface area contributed by atoms with E-state index in [1.54, 1.807) is 0 Å². The van der Waals surface area contributed by atoms with Gasteiger partial charge in [0.1, 0.15) is 0 Å². The lowest BCUT2D eigenvalue weighted by Gasteiger charge is -2.07. The highest BCUT2D eigenvalue weighted by Crippen LogP contribution is 2.14. The first-order chi connectivity index (χ1) is 8.66. The summed E-state index contributed by atoms with van der Waals surface area (Å²) in [4.78, 5) is 18.7. The van der Waals surface area contributed by atoms with Crippen LogP contribution < -0.4 is 5.32 Å². The molecule has 0 aliphatic rings. The zero-order valence-electron chi connectivity index (χ0n) is 9.30. The first-order valence-corrected chi connectivity index (χ1v) is 5.99. The topological polar surface area (TPSA) is 75.1 Å². The number of aromatic nitrogens is 2. The van der Waals surface area contributed by atoms with Crippen LogP contribution in [-0.2, 0) is 6.54 Å². The molecular formula is C12H10BrN3O2. The molecule has 2 rings (SSSR count). The SMILES string of the molecule is O=C(O)c1nccnc1NCc1cccc(Br)c1. The van der Waals surface area contributed by atoms with E-state index in [9.17, 15) is 4.79 Å². The first-order valence-electron chi connectivity index (χ1n) is 5.19. The summed E-state index contributed by atoms with van der Waals surface area (Å²) >= 11 is 3.38. The lowest BCUT2D eigenvalue weighted by Crippen LogP contribution is -2.10. The Bertz CT molecular complexity index is 575. The maximum absolute atomic E-state index is 10.9. The molecule has 0 amide bonds. The highest BCUT2D eigenvalue weighted by molar-refractivity contribution is 9.10. The number of carbonyl (C=O) groups is 1. The van der Waals surface area contributed by atoms with Gasteiger partial charge in [-0.2, -0.15) is 0 Å². The van der Waals surface area contributed by atoms with E-state index in [4.69, 9.17) is 5.11 Å². The second-order valence-electron chi connectivity index (χ2n) is 3.54. The predicted molar refractivity (Wildman–Crippen MR) is 70.5 cm³/mol. The lowest BCUT2D eigenvalue weighted by atomic mass is 10.2. The fourth-order valence-corrected chi connectivity index (χ4v) is 1.90. The Morgan fingerprint density at radius 1 is 1.33 bits per heavy atom. The number of hydrogen-bond acceptors (Lipinski definition) is 4. The van der Waals surface area contributed by atoms with Crippen molar-refractivity contribution in [2.45, 2.75) is 6.54 Å². The van der Waals surface area contributed by atoms with Crippen LogP contribution in [0, 0.1) is 0 Å². The minimum atomic E-state index is -1.10. The molecule has 0 bridgehead atoms. The second-order valence-corrected chi connectivity index (χ2v) is 4.46. The van der Waals surface area contributed by atoms with Crippen LogP contribution in [0.2, 0.25) is 0 Å². The standard InChI is InChI=1S/C12H10BrN3O2/c13-9-3-1-2-8(6-9)7-16-11-10(12(17)18)14-4-5-15-11/h1-6H,7H2,(H,15,16)(H,17,18). The van der Waals surface area contributed by atoms with E-state index < -0.39 is 5.97 Å². The summed E-state index contributed by atoms with van der Waals surface area (Å²) in [6.07, 6.45) is 2.81. The number of rotatable bonds is 4. The average molecular weight is 308 g/mol. The van der Waals surface area contributed by atoms with Gasteiger partial charge in [-0.3, -0.25) is 0 Å². The van der Waals surface area contributed by atoms with E-state index in [1.165, 1.54) is 12.4 Å². The van der Waals surface area contributed by atoms with Crippen molar-refractivity contribution in [3.05, 3.63) is 52.4 Å². The van der Waals surface area contributed by atoms with Gasteiger partial charge in [0.25, 0.3) is 0 Å². The Balaban J connectivity index is 2.13. The fourth-order valence-electron chi connectivity index (χ4n) is 1.46. The average Bonchev–Trinajstić information content (AvgIpc) is 2.37. The van der Waals surface area contributed by atoms with Crippen molar-refractivity contribution in [1.29, 1.82) is 0 Å². The van der Waals surface area contributed by atoms with Crippen LogP contribution in [0.3, 0.4) is 0 Å². The van der Waals surface area contributed by atoms with E-state index in [-0.39, 0.29) is 11.5 Å². The molecule has 0 spiro atoms. The Morgan fingerprint density at radius 3 is 2.83 bits per heavy atom. The number of benzene rings is 1. The summed E-state index contributed by atoms with van der Waals surface area (Å²) < 4.78 is 0.972. The number of anilines is 1. The molecule has 1 aromatic heterocycles.